The van der Waals surface area contributed by atoms with E-state index in [9.17, 15) is 17.6 Å². The normalized spacial score (nSPS) is 18.5. The number of nitrogens with zero attached hydrogens (tertiary/aromatic N) is 1. The van der Waals surface area contributed by atoms with Crippen molar-refractivity contribution < 1.29 is 22.3 Å². The fourth-order valence-corrected chi connectivity index (χ4v) is 5.25. The van der Waals surface area contributed by atoms with Crippen molar-refractivity contribution in [2.75, 3.05) is 10.6 Å². The van der Waals surface area contributed by atoms with Crippen molar-refractivity contribution in [3.05, 3.63) is 59.4 Å². The molecule has 2 atom stereocenters. The van der Waals surface area contributed by atoms with Gasteiger partial charge in [-0.3, -0.25) is 9.10 Å². The zero-order valence-electron chi connectivity index (χ0n) is 18.5. The Morgan fingerprint density at radius 2 is 1.97 bits per heavy atom. The van der Waals surface area contributed by atoms with E-state index in [2.05, 4.69) is 5.32 Å². The Hall–Kier alpha value is -2.61. The number of benzene rings is 2. The van der Waals surface area contributed by atoms with Crippen molar-refractivity contribution in [1.82, 2.24) is 5.32 Å². The fraction of sp³-hybridized carbons (Fsp3) is 0.435. The third-order valence-corrected chi connectivity index (χ3v) is 6.52. The lowest BCUT2D eigenvalue weighted by Crippen LogP contribution is -2.51. The largest absolute Gasteiger partial charge is 0.487 e. The van der Waals surface area contributed by atoms with Crippen LogP contribution >= 0.6 is 0 Å². The summed E-state index contributed by atoms with van der Waals surface area (Å²) in [6.07, 6.45) is 1.68. The second-order valence-corrected chi connectivity index (χ2v) is 10.5. The van der Waals surface area contributed by atoms with Crippen LogP contribution in [0.2, 0.25) is 0 Å². The zero-order valence-corrected chi connectivity index (χ0v) is 19.3. The number of anilines is 1. The van der Waals surface area contributed by atoms with Gasteiger partial charge in [-0.2, -0.15) is 0 Å². The van der Waals surface area contributed by atoms with Gasteiger partial charge in [0.1, 0.15) is 23.2 Å². The Labute approximate surface area is 183 Å². The molecule has 0 bridgehead atoms. The van der Waals surface area contributed by atoms with Crippen LogP contribution in [0.5, 0.6) is 5.75 Å². The van der Waals surface area contributed by atoms with E-state index < -0.39 is 33.4 Å². The average Bonchev–Trinajstić information content (AvgIpc) is 2.66. The molecule has 1 amide bonds. The number of aryl methyl sites for hydroxylation is 1. The summed E-state index contributed by atoms with van der Waals surface area (Å²) in [7, 11) is -3.92. The van der Waals surface area contributed by atoms with Gasteiger partial charge in [0.25, 0.3) is 0 Å². The lowest BCUT2D eigenvalue weighted by molar-refractivity contribution is -0.123. The van der Waals surface area contributed by atoms with Crippen molar-refractivity contribution in [3.8, 4) is 5.75 Å². The van der Waals surface area contributed by atoms with E-state index >= 15 is 0 Å². The van der Waals surface area contributed by atoms with Gasteiger partial charge in [-0.05, 0) is 45.4 Å². The number of sulfonamides is 1. The minimum Gasteiger partial charge on any atom is -0.487 e. The molecular weight excluding hydrogens is 419 g/mol. The van der Waals surface area contributed by atoms with Gasteiger partial charge in [-0.15, -0.1) is 0 Å². The Kier molecular flexibility index (Phi) is 6.32. The number of nitrogens with one attached hydrogen (secondary N) is 1. The van der Waals surface area contributed by atoms with E-state index in [1.165, 1.54) is 18.2 Å². The zero-order chi connectivity index (χ0) is 23.0. The summed E-state index contributed by atoms with van der Waals surface area (Å²) in [4.78, 5) is 13.3. The lowest BCUT2D eigenvalue weighted by atomic mass is 9.88. The molecule has 8 heteroatoms. The van der Waals surface area contributed by atoms with Gasteiger partial charge in [0.15, 0.2) is 0 Å². The molecule has 2 aromatic rings. The first-order valence-corrected chi connectivity index (χ1v) is 12.1. The first-order chi connectivity index (χ1) is 14.4. The summed E-state index contributed by atoms with van der Waals surface area (Å²) in [5, 5.41) is 3.00. The molecule has 0 aliphatic carbocycles. The van der Waals surface area contributed by atoms with Crippen LogP contribution < -0.4 is 14.4 Å². The summed E-state index contributed by atoms with van der Waals surface area (Å²) >= 11 is 0. The molecular formula is C23H29FN2O4S. The van der Waals surface area contributed by atoms with Crippen molar-refractivity contribution in [2.24, 2.45) is 0 Å². The maximum Gasteiger partial charge on any atom is 0.244 e. The second-order valence-electron chi connectivity index (χ2n) is 8.60. The third-order valence-electron chi connectivity index (χ3n) is 5.36. The lowest BCUT2D eigenvalue weighted by Gasteiger charge is -2.39. The predicted molar refractivity (Wildman–Crippen MR) is 119 cm³/mol. The van der Waals surface area contributed by atoms with E-state index in [1.807, 2.05) is 39.0 Å². The van der Waals surface area contributed by atoms with Crippen molar-refractivity contribution in [2.45, 2.75) is 58.2 Å². The van der Waals surface area contributed by atoms with Crippen LogP contribution in [-0.4, -0.2) is 32.2 Å². The van der Waals surface area contributed by atoms with Crippen molar-refractivity contribution >= 4 is 21.6 Å². The quantitative estimate of drug-likeness (QED) is 0.722. The van der Waals surface area contributed by atoms with E-state index in [0.717, 1.165) is 21.7 Å². The molecule has 0 spiro atoms. The number of ether oxygens (including phenoxy) is 1. The van der Waals surface area contributed by atoms with Crippen LogP contribution in [0.3, 0.4) is 0 Å². The topological polar surface area (TPSA) is 75.7 Å². The van der Waals surface area contributed by atoms with Crippen LogP contribution in [-0.2, 0) is 14.8 Å². The van der Waals surface area contributed by atoms with Crippen LogP contribution in [0.1, 0.15) is 50.8 Å². The summed E-state index contributed by atoms with van der Waals surface area (Å²) in [5.41, 5.74) is 1.22. The molecule has 2 aromatic carbocycles. The molecule has 168 valence electrons. The molecule has 0 aromatic heterocycles. The van der Waals surface area contributed by atoms with Gasteiger partial charge in [0.2, 0.25) is 15.9 Å². The van der Waals surface area contributed by atoms with Crippen LogP contribution in [0.4, 0.5) is 10.1 Å². The third kappa shape index (κ3) is 5.01. The van der Waals surface area contributed by atoms with Crippen LogP contribution in [0, 0.1) is 12.7 Å². The maximum atomic E-state index is 14.5. The van der Waals surface area contributed by atoms with Gasteiger partial charge in [0.05, 0.1) is 18.0 Å². The molecule has 3 rings (SSSR count). The highest BCUT2D eigenvalue weighted by molar-refractivity contribution is 7.92. The summed E-state index contributed by atoms with van der Waals surface area (Å²) in [5.74, 6) is -0.493. The van der Waals surface area contributed by atoms with Crippen LogP contribution in [0.25, 0.3) is 0 Å². The molecule has 1 aliphatic heterocycles. The maximum absolute atomic E-state index is 14.5. The molecule has 31 heavy (non-hydrogen) atoms. The SMILES string of the molecule is CCC(C(=O)NC1CC(C)(C)Oc2ccc(C)cc21)N(c1ccccc1F)S(C)(=O)=O. The number of carbonyl (C=O) groups is 1. The molecule has 0 radical (unpaired) electrons. The number of amides is 1. The van der Waals surface area contributed by atoms with E-state index in [1.54, 1.807) is 13.0 Å². The molecule has 1 aliphatic rings. The highest BCUT2D eigenvalue weighted by atomic mass is 32.2. The summed E-state index contributed by atoms with van der Waals surface area (Å²) < 4.78 is 46.6. The predicted octanol–water partition coefficient (Wildman–Crippen LogP) is 4.10. The fourth-order valence-electron chi connectivity index (χ4n) is 4.04. The Balaban J connectivity index is 1.97. The number of hydrogen-bond donors (Lipinski definition) is 1. The van der Waals surface area contributed by atoms with Gasteiger partial charge in [0, 0.05) is 12.0 Å². The Morgan fingerprint density at radius 1 is 1.29 bits per heavy atom. The minimum absolute atomic E-state index is 0.143. The summed E-state index contributed by atoms with van der Waals surface area (Å²) in [6, 6.07) is 9.89. The average molecular weight is 449 g/mol. The van der Waals surface area contributed by atoms with E-state index in [0.29, 0.717) is 12.2 Å². The summed E-state index contributed by atoms with van der Waals surface area (Å²) in [6.45, 7) is 7.54. The molecule has 0 saturated heterocycles. The number of fused-ring (bicyclic) bond motifs is 1. The minimum atomic E-state index is -3.92. The van der Waals surface area contributed by atoms with Gasteiger partial charge >= 0.3 is 0 Å². The van der Waals surface area contributed by atoms with Crippen molar-refractivity contribution in [3.63, 3.8) is 0 Å². The van der Waals surface area contributed by atoms with Gasteiger partial charge in [-0.25, -0.2) is 12.8 Å². The highest BCUT2D eigenvalue weighted by Crippen LogP contribution is 2.40. The number of hydrogen-bond acceptors (Lipinski definition) is 4. The first-order valence-electron chi connectivity index (χ1n) is 10.3. The highest BCUT2D eigenvalue weighted by Gasteiger charge is 2.38. The van der Waals surface area contributed by atoms with Crippen molar-refractivity contribution in [1.29, 1.82) is 0 Å². The van der Waals surface area contributed by atoms with Gasteiger partial charge in [-0.1, -0.05) is 36.8 Å². The first kappa shape index (κ1) is 23.1. The standard InChI is InChI=1S/C23H29FN2O4S/c1-6-19(26(31(5,28)29)20-10-8-7-9-17(20)24)22(27)25-18-14-23(3,4)30-21-12-11-15(2)13-16(18)21/h7-13,18-19H,6,14H2,1-5H3,(H,25,27). The monoisotopic (exact) mass is 448 g/mol. The van der Waals surface area contributed by atoms with E-state index in [-0.39, 0.29) is 18.2 Å². The van der Waals surface area contributed by atoms with Gasteiger partial charge < -0.3 is 10.1 Å². The molecule has 0 saturated carbocycles. The molecule has 1 heterocycles. The number of para-hydroxylation sites is 1. The number of carbonyl (C=O) groups excluding carboxylic acids is 1. The van der Waals surface area contributed by atoms with E-state index in [4.69, 9.17) is 4.74 Å². The molecule has 6 nitrogen and oxygen atoms in total. The smallest absolute Gasteiger partial charge is 0.244 e. The second kappa shape index (κ2) is 8.49. The molecule has 0 fully saturated rings. The molecule has 1 N–H and O–H groups in total. The Bertz CT molecular complexity index is 1080. The van der Waals surface area contributed by atoms with Crippen LogP contribution in [0.15, 0.2) is 42.5 Å². The molecule has 2 unspecified atom stereocenters. The number of rotatable bonds is 6. The number of halogens is 1. The Morgan fingerprint density at radius 3 is 2.58 bits per heavy atom.